The number of aromatic amines is 1. The first kappa shape index (κ1) is 21.0. The van der Waals surface area contributed by atoms with Gasteiger partial charge in [-0.3, -0.25) is 9.52 Å². The third-order valence-electron chi connectivity index (χ3n) is 4.88. The minimum atomic E-state index is -3.76. The molecule has 0 aliphatic rings. The number of benzene rings is 3. The predicted molar refractivity (Wildman–Crippen MR) is 123 cm³/mol. The van der Waals surface area contributed by atoms with Gasteiger partial charge in [-0.05, 0) is 66.6 Å². The van der Waals surface area contributed by atoms with Crippen molar-refractivity contribution < 1.29 is 13.2 Å². The van der Waals surface area contributed by atoms with Gasteiger partial charge in [0.1, 0.15) is 0 Å². The van der Waals surface area contributed by atoms with Crippen LogP contribution in [0.5, 0.6) is 0 Å². The Morgan fingerprint density at radius 3 is 2.39 bits per heavy atom. The van der Waals surface area contributed by atoms with E-state index < -0.39 is 10.0 Å². The molecule has 0 aliphatic heterocycles. The van der Waals surface area contributed by atoms with Crippen LogP contribution in [0.4, 0.5) is 5.69 Å². The first-order valence-electron chi connectivity index (χ1n) is 9.64. The van der Waals surface area contributed by atoms with Crippen LogP contribution < -0.4 is 10.0 Å². The number of aromatic nitrogens is 1. The van der Waals surface area contributed by atoms with Gasteiger partial charge in [-0.2, -0.15) is 0 Å². The highest BCUT2D eigenvalue weighted by molar-refractivity contribution is 7.92. The van der Waals surface area contributed by atoms with E-state index in [1.54, 1.807) is 24.3 Å². The Morgan fingerprint density at radius 2 is 1.65 bits per heavy atom. The van der Waals surface area contributed by atoms with Crippen LogP contribution in [0, 0.1) is 0 Å². The number of carbonyl (C=O) groups is 1. The van der Waals surface area contributed by atoms with E-state index in [1.807, 2.05) is 30.5 Å². The highest BCUT2D eigenvalue weighted by Gasteiger charge is 2.15. The normalized spacial score (nSPS) is 11.4. The summed E-state index contributed by atoms with van der Waals surface area (Å²) in [6, 6.07) is 20.2. The van der Waals surface area contributed by atoms with Crippen LogP contribution in [-0.2, 0) is 16.4 Å². The Balaban J connectivity index is 1.36. The standard InChI is InChI=1S/C23H20ClN3O3S/c24-18-7-9-19(10-8-18)27-31(29,30)20-11-5-16(6-12-20)23(28)25-14-13-17-15-26-22-4-2-1-3-21(17)22/h1-12,15,26-27H,13-14H2,(H,25,28). The molecule has 158 valence electrons. The van der Waals surface area contributed by atoms with Gasteiger partial charge >= 0.3 is 0 Å². The van der Waals surface area contributed by atoms with Crippen molar-refractivity contribution in [3.05, 3.63) is 95.1 Å². The van der Waals surface area contributed by atoms with E-state index in [9.17, 15) is 13.2 Å². The smallest absolute Gasteiger partial charge is 0.261 e. The maximum atomic E-state index is 12.5. The summed E-state index contributed by atoms with van der Waals surface area (Å²) in [6.07, 6.45) is 2.64. The molecule has 0 fully saturated rings. The minimum Gasteiger partial charge on any atom is -0.361 e. The van der Waals surface area contributed by atoms with Crippen LogP contribution in [0.1, 0.15) is 15.9 Å². The molecule has 31 heavy (non-hydrogen) atoms. The van der Waals surface area contributed by atoms with Gasteiger partial charge < -0.3 is 10.3 Å². The Bertz CT molecular complexity index is 1310. The van der Waals surface area contributed by atoms with Crippen molar-refractivity contribution in [2.45, 2.75) is 11.3 Å². The first-order valence-corrected chi connectivity index (χ1v) is 11.5. The number of para-hydroxylation sites is 1. The number of carbonyl (C=O) groups excluding carboxylic acids is 1. The molecule has 0 radical (unpaired) electrons. The van der Waals surface area contributed by atoms with Crippen molar-refractivity contribution in [3.63, 3.8) is 0 Å². The number of fused-ring (bicyclic) bond motifs is 1. The van der Waals surface area contributed by atoms with Crippen molar-refractivity contribution in [1.29, 1.82) is 0 Å². The van der Waals surface area contributed by atoms with Crippen molar-refractivity contribution in [2.75, 3.05) is 11.3 Å². The number of amides is 1. The van der Waals surface area contributed by atoms with Crippen LogP contribution >= 0.6 is 11.6 Å². The summed E-state index contributed by atoms with van der Waals surface area (Å²) < 4.78 is 27.5. The van der Waals surface area contributed by atoms with Crippen LogP contribution in [0.25, 0.3) is 10.9 Å². The molecule has 8 heteroatoms. The van der Waals surface area contributed by atoms with E-state index in [4.69, 9.17) is 11.6 Å². The number of nitrogens with one attached hydrogen (secondary N) is 3. The average Bonchev–Trinajstić information content (AvgIpc) is 3.18. The fourth-order valence-corrected chi connectivity index (χ4v) is 4.45. The first-order chi connectivity index (χ1) is 14.9. The molecule has 0 unspecified atom stereocenters. The lowest BCUT2D eigenvalue weighted by molar-refractivity contribution is 0.0954. The number of hydrogen-bond donors (Lipinski definition) is 3. The molecule has 3 N–H and O–H groups in total. The second-order valence-electron chi connectivity index (χ2n) is 7.00. The third kappa shape index (κ3) is 4.90. The molecule has 4 aromatic rings. The average molecular weight is 454 g/mol. The molecule has 0 bridgehead atoms. The number of anilines is 1. The van der Waals surface area contributed by atoms with Crippen LogP contribution in [0.2, 0.25) is 5.02 Å². The zero-order valence-electron chi connectivity index (χ0n) is 16.4. The number of rotatable bonds is 7. The molecular weight excluding hydrogens is 434 g/mol. The summed E-state index contributed by atoms with van der Waals surface area (Å²) in [5.41, 5.74) is 2.99. The van der Waals surface area contributed by atoms with Crippen molar-refractivity contribution >= 4 is 44.1 Å². The molecular formula is C23H20ClN3O3S. The van der Waals surface area contributed by atoms with E-state index >= 15 is 0 Å². The molecule has 0 atom stereocenters. The molecule has 0 saturated heterocycles. The van der Waals surface area contributed by atoms with Gasteiger partial charge in [-0.25, -0.2) is 8.42 Å². The van der Waals surface area contributed by atoms with Crippen molar-refractivity contribution in [3.8, 4) is 0 Å². The second-order valence-corrected chi connectivity index (χ2v) is 9.12. The van der Waals surface area contributed by atoms with Gasteiger partial charge in [-0.15, -0.1) is 0 Å². The fraction of sp³-hybridized carbons (Fsp3) is 0.0870. The largest absolute Gasteiger partial charge is 0.361 e. The summed E-state index contributed by atoms with van der Waals surface area (Å²) in [7, 11) is -3.76. The summed E-state index contributed by atoms with van der Waals surface area (Å²) in [6.45, 7) is 0.471. The van der Waals surface area contributed by atoms with E-state index in [1.165, 1.54) is 24.3 Å². The van der Waals surface area contributed by atoms with Gasteiger partial charge in [0.05, 0.1) is 4.90 Å². The molecule has 1 aromatic heterocycles. The minimum absolute atomic E-state index is 0.0674. The Kier molecular flexibility index (Phi) is 5.97. The van der Waals surface area contributed by atoms with Crippen molar-refractivity contribution in [2.24, 2.45) is 0 Å². The summed E-state index contributed by atoms with van der Waals surface area (Å²) in [4.78, 5) is 15.7. The predicted octanol–water partition coefficient (Wildman–Crippen LogP) is 4.59. The number of sulfonamides is 1. The molecule has 0 saturated carbocycles. The fourth-order valence-electron chi connectivity index (χ4n) is 3.27. The summed E-state index contributed by atoms with van der Waals surface area (Å²) >= 11 is 5.82. The van der Waals surface area contributed by atoms with Gasteiger partial charge in [-0.1, -0.05) is 29.8 Å². The highest BCUT2D eigenvalue weighted by Crippen LogP contribution is 2.19. The number of hydrogen-bond acceptors (Lipinski definition) is 3. The van der Waals surface area contributed by atoms with E-state index in [-0.39, 0.29) is 10.8 Å². The Hall–Kier alpha value is -3.29. The maximum Gasteiger partial charge on any atom is 0.261 e. The third-order valence-corrected chi connectivity index (χ3v) is 6.53. The van der Waals surface area contributed by atoms with Gasteiger partial charge in [0, 0.05) is 39.9 Å². The second kappa shape index (κ2) is 8.83. The van der Waals surface area contributed by atoms with Crippen LogP contribution in [0.15, 0.2) is 83.9 Å². The molecule has 0 spiro atoms. The SMILES string of the molecule is O=C(NCCc1c[nH]c2ccccc12)c1ccc(S(=O)(=O)Nc2ccc(Cl)cc2)cc1. The molecule has 4 rings (SSSR count). The lowest BCUT2D eigenvalue weighted by Gasteiger charge is -2.09. The molecule has 0 aliphatic carbocycles. The van der Waals surface area contributed by atoms with E-state index in [0.29, 0.717) is 29.2 Å². The zero-order valence-corrected chi connectivity index (χ0v) is 18.0. The van der Waals surface area contributed by atoms with Gasteiger partial charge in [0.2, 0.25) is 0 Å². The molecule has 1 heterocycles. The summed E-state index contributed by atoms with van der Waals surface area (Å²) in [5.74, 6) is -0.255. The Labute approximate surface area is 185 Å². The highest BCUT2D eigenvalue weighted by atomic mass is 35.5. The maximum absolute atomic E-state index is 12.5. The number of H-pyrrole nitrogens is 1. The quantitative estimate of drug-likeness (QED) is 0.382. The van der Waals surface area contributed by atoms with Crippen LogP contribution in [-0.4, -0.2) is 25.9 Å². The zero-order chi connectivity index (χ0) is 21.8. The number of halogens is 1. The lowest BCUT2D eigenvalue weighted by Crippen LogP contribution is -2.25. The molecule has 3 aromatic carbocycles. The monoisotopic (exact) mass is 453 g/mol. The van der Waals surface area contributed by atoms with E-state index in [2.05, 4.69) is 15.0 Å². The van der Waals surface area contributed by atoms with E-state index in [0.717, 1.165) is 16.5 Å². The lowest BCUT2D eigenvalue weighted by atomic mass is 10.1. The molecule has 1 amide bonds. The summed E-state index contributed by atoms with van der Waals surface area (Å²) in [5, 5.41) is 4.53. The van der Waals surface area contributed by atoms with Crippen molar-refractivity contribution in [1.82, 2.24) is 10.3 Å². The Morgan fingerprint density at radius 1 is 0.935 bits per heavy atom. The molecule has 6 nitrogen and oxygen atoms in total. The van der Waals surface area contributed by atoms with Crippen LogP contribution in [0.3, 0.4) is 0 Å². The van der Waals surface area contributed by atoms with Gasteiger partial charge in [0.15, 0.2) is 0 Å². The topological polar surface area (TPSA) is 91.1 Å². The van der Waals surface area contributed by atoms with Gasteiger partial charge in [0.25, 0.3) is 15.9 Å².